The maximum atomic E-state index is 12.7. The zero-order valence-corrected chi connectivity index (χ0v) is 19.8. The SMILES string of the molecule is COc1ccccc1-c1nn(-c2ccccc2)cc1/C=C/C(=O)Nc1ccc(NC(=O)C2CC2)cc1. The molecule has 0 saturated heterocycles. The van der Waals surface area contributed by atoms with Crippen molar-refractivity contribution in [3.8, 4) is 22.7 Å². The molecule has 0 bridgehead atoms. The topological polar surface area (TPSA) is 85.2 Å². The molecule has 7 nitrogen and oxygen atoms in total. The summed E-state index contributed by atoms with van der Waals surface area (Å²) in [6.07, 6.45) is 7.02. The van der Waals surface area contributed by atoms with E-state index in [0.29, 0.717) is 17.1 Å². The Morgan fingerprint density at radius 2 is 1.58 bits per heavy atom. The number of benzene rings is 3. The fourth-order valence-corrected chi connectivity index (χ4v) is 3.85. The lowest BCUT2D eigenvalue weighted by molar-refractivity contribution is -0.117. The van der Waals surface area contributed by atoms with Crippen molar-refractivity contribution in [1.29, 1.82) is 0 Å². The number of rotatable bonds is 8. The van der Waals surface area contributed by atoms with Crippen molar-refractivity contribution in [2.75, 3.05) is 17.7 Å². The van der Waals surface area contributed by atoms with Crippen LogP contribution in [-0.2, 0) is 9.59 Å². The van der Waals surface area contributed by atoms with Crippen LogP contribution in [0.3, 0.4) is 0 Å². The molecular weight excluding hydrogens is 452 g/mol. The second-order valence-corrected chi connectivity index (χ2v) is 8.58. The second-order valence-electron chi connectivity index (χ2n) is 8.58. The van der Waals surface area contributed by atoms with E-state index in [1.165, 1.54) is 6.08 Å². The van der Waals surface area contributed by atoms with E-state index in [0.717, 1.165) is 35.3 Å². The number of nitrogens with zero attached hydrogens (tertiary/aromatic N) is 2. The number of ether oxygens (including phenoxy) is 1. The Morgan fingerprint density at radius 1 is 0.917 bits per heavy atom. The Bertz CT molecular complexity index is 1400. The zero-order valence-electron chi connectivity index (χ0n) is 19.8. The summed E-state index contributed by atoms with van der Waals surface area (Å²) in [5.41, 5.74) is 4.58. The Hall–Kier alpha value is -4.65. The third kappa shape index (κ3) is 5.36. The number of hydrogen-bond donors (Lipinski definition) is 2. The summed E-state index contributed by atoms with van der Waals surface area (Å²) >= 11 is 0. The molecule has 0 spiro atoms. The highest BCUT2D eigenvalue weighted by atomic mass is 16.5. The van der Waals surface area contributed by atoms with Crippen LogP contribution in [0.4, 0.5) is 11.4 Å². The Balaban J connectivity index is 1.35. The molecule has 1 saturated carbocycles. The molecule has 4 aromatic rings. The van der Waals surface area contributed by atoms with E-state index >= 15 is 0 Å². The Morgan fingerprint density at radius 3 is 2.28 bits per heavy atom. The van der Waals surface area contributed by atoms with Crippen LogP contribution in [0.5, 0.6) is 5.75 Å². The fraction of sp³-hybridized carbons (Fsp3) is 0.138. The van der Waals surface area contributed by atoms with Crippen molar-refractivity contribution in [3.63, 3.8) is 0 Å². The molecule has 180 valence electrons. The van der Waals surface area contributed by atoms with Crippen molar-refractivity contribution < 1.29 is 14.3 Å². The zero-order chi connectivity index (χ0) is 24.9. The third-order valence-electron chi connectivity index (χ3n) is 5.91. The molecule has 1 aliphatic carbocycles. The summed E-state index contributed by atoms with van der Waals surface area (Å²) in [6.45, 7) is 0. The van der Waals surface area contributed by atoms with Crippen LogP contribution in [-0.4, -0.2) is 28.7 Å². The first-order valence-corrected chi connectivity index (χ1v) is 11.8. The van der Waals surface area contributed by atoms with Crippen molar-refractivity contribution in [1.82, 2.24) is 9.78 Å². The molecule has 1 heterocycles. The van der Waals surface area contributed by atoms with Gasteiger partial charge in [-0.1, -0.05) is 30.3 Å². The fourth-order valence-electron chi connectivity index (χ4n) is 3.85. The number of para-hydroxylation sites is 2. The molecule has 1 fully saturated rings. The molecule has 5 rings (SSSR count). The molecule has 2 N–H and O–H groups in total. The molecule has 1 aromatic heterocycles. The molecule has 0 atom stereocenters. The smallest absolute Gasteiger partial charge is 0.248 e. The van der Waals surface area contributed by atoms with Gasteiger partial charge in [-0.3, -0.25) is 9.59 Å². The van der Waals surface area contributed by atoms with Crippen LogP contribution < -0.4 is 15.4 Å². The van der Waals surface area contributed by atoms with E-state index in [4.69, 9.17) is 9.84 Å². The van der Waals surface area contributed by atoms with Gasteiger partial charge in [0.25, 0.3) is 0 Å². The standard InChI is InChI=1S/C29H26N4O3/c1-36-26-10-6-5-9-25(26)28-21(19-33(32-28)24-7-3-2-4-8-24)13-18-27(34)30-22-14-16-23(17-15-22)31-29(35)20-11-12-20/h2-10,13-20H,11-12H2,1H3,(H,30,34)(H,31,35)/b18-13+. The van der Waals surface area contributed by atoms with Gasteiger partial charge < -0.3 is 15.4 Å². The summed E-state index contributed by atoms with van der Waals surface area (Å²) in [6, 6.07) is 24.5. The quantitative estimate of drug-likeness (QED) is 0.325. The first-order chi connectivity index (χ1) is 17.6. The average molecular weight is 479 g/mol. The summed E-state index contributed by atoms with van der Waals surface area (Å²) in [5.74, 6) is 0.616. The maximum absolute atomic E-state index is 12.7. The highest BCUT2D eigenvalue weighted by Gasteiger charge is 2.29. The van der Waals surface area contributed by atoms with Gasteiger partial charge in [0.2, 0.25) is 11.8 Å². The predicted molar refractivity (Wildman–Crippen MR) is 141 cm³/mol. The van der Waals surface area contributed by atoms with Gasteiger partial charge in [0, 0.05) is 40.7 Å². The minimum atomic E-state index is -0.275. The van der Waals surface area contributed by atoms with Gasteiger partial charge in [-0.15, -0.1) is 0 Å². The summed E-state index contributed by atoms with van der Waals surface area (Å²) < 4.78 is 7.33. The van der Waals surface area contributed by atoms with Gasteiger partial charge in [0.1, 0.15) is 11.4 Å². The van der Waals surface area contributed by atoms with Crippen LogP contribution in [0, 0.1) is 5.92 Å². The molecule has 1 aliphatic rings. The average Bonchev–Trinajstić information content (AvgIpc) is 3.68. The third-order valence-corrected chi connectivity index (χ3v) is 5.91. The monoisotopic (exact) mass is 478 g/mol. The van der Waals surface area contributed by atoms with Crippen LogP contribution in [0.2, 0.25) is 0 Å². The predicted octanol–water partition coefficient (Wildman–Crippen LogP) is 5.55. The minimum Gasteiger partial charge on any atom is -0.496 e. The number of carbonyl (C=O) groups excluding carboxylic acids is 2. The molecule has 2 amide bonds. The van der Waals surface area contributed by atoms with Crippen molar-refractivity contribution in [2.45, 2.75) is 12.8 Å². The molecule has 0 aliphatic heterocycles. The van der Waals surface area contributed by atoms with E-state index in [1.54, 1.807) is 42.1 Å². The number of methoxy groups -OCH3 is 1. The molecular formula is C29H26N4O3. The van der Waals surface area contributed by atoms with E-state index in [1.807, 2.05) is 60.8 Å². The number of anilines is 2. The van der Waals surface area contributed by atoms with Gasteiger partial charge >= 0.3 is 0 Å². The first kappa shape index (κ1) is 23.1. The van der Waals surface area contributed by atoms with Crippen LogP contribution in [0.15, 0.2) is 91.1 Å². The van der Waals surface area contributed by atoms with Gasteiger partial charge in [-0.2, -0.15) is 5.10 Å². The number of hydrogen-bond acceptors (Lipinski definition) is 4. The van der Waals surface area contributed by atoms with Crippen molar-refractivity contribution in [2.24, 2.45) is 5.92 Å². The number of aromatic nitrogens is 2. The lowest BCUT2D eigenvalue weighted by Crippen LogP contribution is -2.13. The molecule has 7 heteroatoms. The Labute approximate surface area is 209 Å². The number of carbonyl (C=O) groups is 2. The van der Waals surface area contributed by atoms with E-state index in [2.05, 4.69) is 10.6 Å². The highest BCUT2D eigenvalue weighted by Crippen LogP contribution is 2.32. The lowest BCUT2D eigenvalue weighted by atomic mass is 10.1. The van der Waals surface area contributed by atoms with Crippen LogP contribution in [0.25, 0.3) is 23.0 Å². The molecule has 36 heavy (non-hydrogen) atoms. The molecule has 3 aromatic carbocycles. The van der Waals surface area contributed by atoms with Gasteiger partial charge in [-0.05, 0) is 67.4 Å². The summed E-state index contributed by atoms with van der Waals surface area (Å²) in [7, 11) is 1.62. The highest BCUT2D eigenvalue weighted by molar-refractivity contribution is 6.02. The molecule has 0 radical (unpaired) electrons. The second kappa shape index (κ2) is 10.3. The van der Waals surface area contributed by atoms with E-state index in [9.17, 15) is 9.59 Å². The maximum Gasteiger partial charge on any atom is 0.248 e. The van der Waals surface area contributed by atoms with Crippen LogP contribution >= 0.6 is 0 Å². The van der Waals surface area contributed by atoms with Gasteiger partial charge in [0.15, 0.2) is 0 Å². The van der Waals surface area contributed by atoms with E-state index < -0.39 is 0 Å². The summed E-state index contributed by atoms with van der Waals surface area (Å²) in [4.78, 5) is 24.6. The van der Waals surface area contributed by atoms with Gasteiger partial charge in [0.05, 0.1) is 12.8 Å². The van der Waals surface area contributed by atoms with E-state index in [-0.39, 0.29) is 17.7 Å². The number of nitrogens with one attached hydrogen (secondary N) is 2. The van der Waals surface area contributed by atoms with Gasteiger partial charge in [-0.25, -0.2) is 4.68 Å². The number of amides is 2. The lowest BCUT2D eigenvalue weighted by Gasteiger charge is -2.07. The van der Waals surface area contributed by atoms with Crippen molar-refractivity contribution in [3.05, 3.63) is 96.7 Å². The van der Waals surface area contributed by atoms with Crippen LogP contribution in [0.1, 0.15) is 18.4 Å². The summed E-state index contributed by atoms with van der Waals surface area (Å²) in [5, 5.41) is 10.5. The van der Waals surface area contributed by atoms with Crippen molar-refractivity contribution >= 4 is 29.3 Å². The molecule has 0 unspecified atom stereocenters. The normalized spacial score (nSPS) is 12.9. The Kier molecular flexibility index (Phi) is 6.62. The minimum absolute atomic E-state index is 0.0524. The largest absolute Gasteiger partial charge is 0.496 e. The first-order valence-electron chi connectivity index (χ1n) is 11.8.